The largest absolute Gasteiger partial charge is 0.429 e. The second-order valence-electron chi connectivity index (χ2n) is 5.53. The number of hydrogen-bond donors (Lipinski definition) is 0. The Balaban J connectivity index is 1.79. The molecule has 0 aromatic rings. The summed E-state index contributed by atoms with van der Waals surface area (Å²) in [6.07, 6.45) is 7.12. The summed E-state index contributed by atoms with van der Waals surface area (Å²) in [6.45, 7) is 5.70. The third-order valence-electron chi connectivity index (χ3n) is 4.59. The molecule has 0 aromatic heterocycles. The van der Waals surface area contributed by atoms with Gasteiger partial charge in [0.2, 0.25) is 7.91 Å². The molecule has 0 amide bonds. The first-order valence-electron chi connectivity index (χ1n) is 7.00. The molecule has 16 heavy (non-hydrogen) atoms. The van der Waals surface area contributed by atoms with Crippen molar-refractivity contribution in [1.29, 1.82) is 0 Å². The molecule has 3 rings (SSSR count). The lowest BCUT2D eigenvalue weighted by atomic mass is 10.4. The van der Waals surface area contributed by atoms with Crippen LogP contribution in [0.4, 0.5) is 0 Å². The van der Waals surface area contributed by atoms with E-state index in [0.717, 1.165) is 0 Å². The molecule has 3 aliphatic heterocycles. The van der Waals surface area contributed by atoms with Crippen LogP contribution >= 0.6 is 0 Å². The maximum Gasteiger partial charge on any atom is 0.205 e. The van der Waals surface area contributed by atoms with Gasteiger partial charge in [0.05, 0.1) is 6.23 Å². The van der Waals surface area contributed by atoms with Crippen LogP contribution in [-0.4, -0.2) is 75.8 Å². The van der Waals surface area contributed by atoms with E-state index in [1.54, 1.807) is 0 Å². The molecular weight excluding hydrogens is 264 g/mol. The molecule has 0 unspecified atom stereocenters. The lowest BCUT2D eigenvalue weighted by molar-refractivity contribution is 0.335. The van der Waals surface area contributed by atoms with Gasteiger partial charge in [-0.15, -0.1) is 0 Å². The van der Waals surface area contributed by atoms with Crippen LogP contribution < -0.4 is 0 Å². The highest BCUT2D eigenvalue weighted by molar-refractivity contribution is 7.52. The van der Waals surface area contributed by atoms with E-state index < -0.39 is 7.91 Å². The zero-order valence-electron chi connectivity index (χ0n) is 10.3. The quantitative estimate of drug-likeness (QED) is 0.544. The Morgan fingerprint density at radius 1 is 0.875 bits per heavy atom. The predicted molar refractivity (Wildman–Crippen MR) is 79.0 cm³/mol. The summed E-state index contributed by atoms with van der Waals surface area (Å²) in [5.74, 6) is 0. The van der Waals surface area contributed by atoms with Crippen molar-refractivity contribution in [2.75, 3.05) is 32.4 Å². The van der Waals surface area contributed by atoms with Crippen molar-refractivity contribution in [2.24, 2.45) is 0 Å². The maximum absolute atomic E-state index is 6.12. The summed E-state index contributed by atoms with van der Waals surface area (Å²) in [7, 11) is -0.375. The number of nitrogens with zero attached hydrogens (tertiary/aromatic N) is 2. The molecule has 3 fully saturated rings. The molecule has 0 aromatic carbocycles. The van der Waals surface area contributed by atoms with Gasteiger partial charge in [-0.25, -0.2) is 0 Å². The highest BCUT2D eigenvalue weighted by Gasteiger charge is 2.48. The Morgan fingerprint density at radius 2 is 1.44 bits per heavy atom. The highest BCUT2D eigenvalue weighted by atomic mass is 29.7. The number of rotatable bonds is 2. The van der Waals surface area contributed by atoms with E-state index in [1.807, 2.05) is 0 Å². The first kappa shape index (κ1) is 11.8. The van der Waals surface area contributed by atoms with E-state index in [9.17, 15) is 0 Å². The molecule has 7 heteroatoms. The minimum atomic E-state index is -1.14. The van der Waals surface area contributed by atoms with Crippen molar-refractivity contribution in [2.45, 2.75) is 25.7 Å². The molecule has 92 valence electrons. The van der Waals surface area contributed by atoms with Crippen LogP contribution in [-0.2, 0) is 4.43 Å². The first-order chi connectivity index (χ1) is 7.92. The molecule has 0 spiro atoms. The van der Waals surface area contributed by atoms with Crippen molar-refractivity contribution in [3.8, 4) is 0 Å². The molecule has 0 radical (unpaired) electrons. The third-order valence-corrected chi connectivity index (χ3v) is 41.9. The Morgan fingerprint density at radius 3 is 1.88 bits per heavy atom. The van der Waals surface area contributed by atoms with Crippen molar-refractivity contribution in [3.63, 3.8) is 0 Å². The first-order valence-corrected chi connectivity index (χ1v) is 20.0. The van der Waals surface area contributed by atoms with Gasteiger partial charge in [0.25, 0.3) is 0 Å². The van der Waals surface area contributed by atoms with Gasteiger partial charge in [0.1, 0.15) is 9.28 Å². The second-order valence-corrected chi connectivity index (χ2v) is 30.2. The van der Waals surface area contributed by atoms with Crippen LogP contribution in [0.25, 0.3) is 0 Å². The van der Waals surface area contributed by atoms with Crippen LogP contribution in [0.15, 0.2) is 0 Å². The van der Waals surface area contributed by atoms with E-state index in [2.05, 4.69) is 9.13 Å². The minimum Gasteiger partial charge on any atom is -0.429 e. The monoisotopic (exact) mass is 288 g/mol. The smallest absolute Gasteiger partial charge is 0.205 e. The second kappa shape index (κ2) is 5.17. The van der Waals surface area contributed by atoms with Crippen LogP contribution in [0.1, 0.15) is 25.7 Å². The average molecular weight is 289 g/mol. The maximum atomic E-state index is 6.12. The highest BCUT2D eigenvalue weighted by Crippen LogP contribution is 2.25. The van der Waals surface area contributed by atoms with Gasteiger partial charge in [0.15, 0.2) is 0 Å². The van der Waals surface area contributed by atoms with E-state index in [0.29, 0.717) is 17.1 Å². The third kappa shape index (κ3) is 2.06. The van der Waals surface area contributed by atoms with Gasteiger partial charge in [0, 0.05) is 17.1 Å². The SMILES string of the molecule is C1CCN([Si]2(N3CCCC3)CO[SiH2][SiH2][SiH2]2)C1. The molecule has 0 aliphatic carbocycles. The van der Waals surface area contributed by atoms with E-state index in [1.165, 1.54) is 58.1 Å². The van der Waals surface area contributed by atoms with Gasteiger partial charge < -0.3 is 13.6 Å². The molecule has 3 heterocycles. The van der Waals surface area contributed by atoms with Crippen molar-refractivity contribution in [3.05, 3.63) is 0 Å². The van der Waals surface area contributed by atoms with Gasteiger partial charge >= 0.3 is 0 Å². The molecule has 3 aliphatic rings. The predicted octanol–water partition coefficient (Wildman–Crippen LogP) is -2.06. The van der Waals surface area contributed by atoms with Crippen molar-refractivity contribution < 1.29 is 4.43 Å². The Bertz CT molecular complexity index is 220. The summed E-state index contributed by atoms with van der Waals surface area (Å²) >= 11 is 0. The summed E-state index contributed by atoms with van der Waals surface area (Å²) in [5, 5.41) is 0. The average Bonchev–Trinajstić information content (AvgIpc) is 3.04. The molecule has 0 saturated carbocycles. The van der Waals surface area contributed by atoms with Crippen LogP contribution in [0, 0.1) is 0 Å². The van der Waals surface area contributed by atoms with Gasteiger partial charge in [-0.05, 0) is 51.9 Å². The van der Waals surface area contributed by atoms with Crippen LogP contribution in [0.2, 0.25) is 0 Å². The fourth-order valence-electron chi connectivity index (χ4n) is 3.73. The normalized spacial score (nSPS) is 36.8. The molecule has 0 atom stereocenters. The van der Waals surface area contributed by atoms with E-state index in [-0.39, 0.29) is 9.28 Å². The number of hydrogen-bond acceptors (Lipinski definition) is 3. The van der Waals surface area contributed by atoms with Crippen LogP contribution in [0.5, 0.6) is 0 Å². The molecule has 0 N–H and O–H groups in total. The fraction of sp³-hybridized carbons (Fsp3) is 1.00. The molecule has 3 saturated heterocycles. The minimum absolute atomic E-state index is 0.0679. The van der Waals surface area contributed by atoms with E-state index >= 15 is 0 Å². The molecule has 0 bridgehead atoms. The Labute approximate surface area is 106 Å². The molecule has 3 nitrogen and oxygen atoms in total. The Hall–Kier alpha value is 0.748. The van der Waals surface area contributed by atoms with Crippen molar-refractivity contribution in [1.82, 2.24) is 9.13 Å². The summed E-state index contributed by atoms with van der Waals surface area (Å²) in [6, 6.07) is 0. The van der Waals surface area contributed by atoms with Gasteiger partial charge in [-0.3, -0.25) is 0 Å². The Kier molecular flexibility index (Phi) is 3.82. The summed E-state index contributed by atoms with van der Waals surface area (Å²) in [4.78, 5) is 0. The van der Waals surface area contributed by atoms with Crippen LogP contribution in [0.3, 0.4) is 0 Å². The zero-order chi connectivity index (χ0) is 10.8. The zero-order valence-corrected chi connectivity index (χ0v) is 15.5. The standard InChI is InChI=1S/C9H24N2OSi4/c1-2-6-10(5-1)16(9-12-13-14-15-16)11-7-3-4-8-11/h1-9,13-15H2. The lowest BCUT2D eigenvalue weighted by Crippen LogP contribution is -2.75. The van der Waals surface area contributed by atoms with Crippen molar-refractivity contribution >= 4 is 34.3 Å². The summed E-state index contributed by atoms with van der Waals surface area (Å²) < 4.78 is 12.1. The van der Waals surface area contributed by atoms with Gasteiger partial charge in [-0.2, -0.15) is 0 Å². The lowest BCUT2D eigenvalue weighted by Gasteiger charge is -2.48. The summed E-state index contributed by atoms with van der Waals surface area (Å²) in [5.41, 5.74) is 0. The topological polar surface area (TPSA) is 15.7 Å². The van der Waals surface area contributed by atoms with Gasteiger partial charge in [-0.1, -0.05) is 0 Å². The fourth-order valence-corrected chi connectivity index (χ4v) is 54.3. The molecular formula is C9H24N2OSi4. The van der Waals surface area contributed by atoms with E-state index in [4.69, 9.17) is 4.43 Å².